The summed E-state index contributed by atoms with van der Waals surface area (Å²) >= 11 is 0. The SMILES string of the molecule is Cc1ccc2c(c1)C(C)NCC2. The van der Waals surface area contributed by atoms with Gasteiger partial charge in [0, 0.05) is 6.04 Å². The predicted molar refractivity (Wildman–Crippen MR) is 51.3 cm³/mol. The maximum atomic E-state index is 3.47. The summed E-state index contributed by atoms with van der Waals surface area (Å²) < 4.78 is 0. The van der Waals surface area contributed by atoms with E-state index < -0.39 is 0 Å². The van der Waals surface area contributed by atoms with E-state index in [4.69, 9.17) is 0 Å². The minimum absolute atomic E-state index is 0.536. The molecule has 1 nitrogen and oxygen atoms in total. The van der Waals surface area contributed by atoms with Gasteiger partial charge in [-0.15, -0.1) is 0 Å². The van der Waals surface area contributed by atoms with Crippen LogP contribution in [0.5, 0.6) is 0 Å². The molecule has 1 aliphatic heterocycles. The first-order chi connectivity index (χ1) is 5.77. The quantitative estimate of drug-likeness (QED) is 0.615. The number of benzene rings is 1. The molecule has 2 rings (SSSR count). The Balaban J connectivity index is 2.47. The molecular weight excluding hydrogens is 146 g/mol. The van der Waals surface area contributed by atoms with Crippen LogP contribution in [0.1, 0.15) is 29.7 Å². The Labute approximate surface area is 73.8 Å². The third kappa shape index (κ3) is 1.25. The Morgan fingerprint density at radius 2 is 2.25 bits per heavy atom. The van der Waals surface area contributed by atoms with Gasteiger partial charge in [-0.2, -0.15) is 0 Å². The fourth-order valence-electron chi connectivity index (χ4n) is 1.88. The number of rotatable bonds is 0. The lowest BCUT2D eigenvalue weighted by molar-refractivity contribution is 0.540. The van der Waals surface area contributed by atoms with Crippen LogP contribution in [0.3, 0.4) is 0 Å². The fraction of sp³-hybridized carbons (Fsp3) is 0.455. The van der Waals surface area contributed by atoms with Gasteiger partial charge in [0.1, 0.15) is 0 Å². The van der Waals surface area contributed by atoms with E-state index in [1.165, 1.54) is 23.1 Å². The van der Waals surface area contributed by atoms with Crippen LogP contribution < -0.4 is 5.32 Å². The van der Waals surface area contributed by atoms with Crippen LogP contribution in [0.25, 0.3) is 0 Å². The highest BCUT2D eigenvalue weighted by Crippen LogP contribution is 2.22. The molecule has 0 radical (unpaired) electrons. The van der Waals surface area contributed by atoms with Crippen molar-refractivity contribution < 1.29 is 0 Å². The van der Waals surface area contributed by atoms with Gasteiger partial charge in [0.2, 0.25) is 0 Å². The molecule has 0 aliphatic carbocycles. The van der Waals surface area contributed by atoms with Crippen LogP contribution in [0.4, 0.5) is 0 Å². The first-order valence-electron chi connectivity index (χ1n) is 4.60. The minimum Gasteiger partial charge on any atom is -0.310 e. The zero-order valence-corrected chi connectivity index (χ0v) is 7.72. The molecule has 0 bridgehead atoms. The molecule has 0 aromatic heterocycles. The van der Waals surface area contributed by atoms with Crippen LogP contribution in [0.15, 0.2) is 18.2 Å². The zero-order chi connectivity index (χ0) is 8.55. The predicted octanol–water partition coefficient (Wildman–Crippen LogP) is 2.20. The minimum atomic E-state index is 0.536. The summed E-state index contributed by atoms with van der Waals surface area (Å²) in [6.07, 6.45) is 1.18. The standard InChI is InChI=1S/C11H15N/c1-8-3-4-10-5-6-12-9(2)11(10)7-8/h3-4,7,9,12H,5-6H2,1-2H3. The van der Waals surface area contributed by atoms with Crippen LogP contribution in [0, 0.1) is 6.92 Å². The van der Waals surface area contributed by atoms with Crippen molar-refractivity contribution in [2.45, 2.75) is 26.3 Å². The molecule has 0 saturated heterocycles. The Hall–Kier alpha value is -0.820. The van der Waals surface area contributed by atoms with Gasteiger partial charge in [0.05, 0.1) is 0 Å². The smallest absolute Gasteiger partial charge is 0.0294 e. The van der Waals surface area contributed by atoms with Crippen molar-refractivity contribution in [3.8, 4) is 0 Å². The monoisotopic (exact) mass is 161 g/mol. The number of fused-ring (bicyclic) bond motifs is 1. The summed E-state index contributed by atoms with van der Waals surface area (Å²) in [5.74, 6) is 0. The van der Waals surface area contributed by atoms with E-state index in [0.717, 1.165) is 6.54 Å². The lowest BCUT2D eigenvalue weighted by Gasteiger charge is -2.24. The van der Waals surface area contributed by atoms with Crippen molar-refractivity contribution in [2.75, 3.05) is 6.54 Å². The second-order valence-electron chi connectivity index (χ2n) is 3.63. The molecule has 1 atom stereocenters. The van der Waals surface area contributed by atoms with Crippen molar-refractivity contribution in [1.29, 1.82) is 0 Å². The highest BCUT2D eigenvalue weighted by atomic mass is 14.9. The van der Waals surface area contributed by atoms with Crippen molar-refractivity contribution in [1.82, 2.24) is 5.32 Å². The molecule has 0 saturated carbocycles. The van der Waals surface area contributed by atoms with Crippen LogP contribution in [0.2, 0.25) is 0 Å². The summed E-state index contributed by atoms with van der Waals surface area (Å²) in [4.78, 5) is 0. The lowest BCUT2D eigenvalue weighted by atomic mass is 9.94. The molecule has 1 unspecified atom stereocenters. The highest BCUT2D eigenvalue weighted by Gasteiger charge is 2.14. The molecule has 1 aromatic carbocycles. The van der Waals surface area contributed by atoms with Crippen molar-refractivity contribution in [3.05, 3.63) is 34.9 Å². The Bertz CT molecular complexity index is 291. The number of hydrogen-bond acceptors (Lipinski definition) is 1. The molecule has 0 fully saturated rings. The zero-order valence-electron chi connectivity index (χ0n) is 7.72. The van der Waals surface area contributed by atoms with E-state index in [9.17, 15) is 0 Å². The number of aryl methyl sites for hydroxylation is 1. The molecule has 1 aliphatic rings. The summed E-state index contributed by atoms with van der Waals surface area (Å²) in [6.45, 7) is 5.51. The summed E-state index contributed by atoms with van der Waals surface area (Å²) in [6, 6.07) is 7.30. The van der Waals surface area contributed by atoms with E-state index in [2.05, 4.69) is 37.4 Å². The van der Waals surface area contributed by atoms with Crippen molar-refractivity contribution in [2.24, 2.45) is 0 Å². The van der Waals surface area contributed by atoms with E-state index >= 15 is 0 Å². The van der Waals surface area contributed by atoms with Crippen molar-refractivity contribution in [3.63, 3.8) is 0 Å². The topological polar surface area (TPSA) is 12.0 Å². The summed E-state index contributed by atoms with van der Waals surface area (Å²) in [5, 5.41) is 3.47. The van der Waals surface area contributed by atoms with Gasteiger partial charge in [-0.25, -0.2) is 0 Å². The average Bonchev–Trinajstić information content (AvgIpc) is 2.07. The van der Waals surface area contributed by atoms with Gasteiger partial charge in [-0.1, -0.05) is 23.8 Å². The Morgan fingerprint density at radius 1 is 1.42 bits per heavy atom. The van der Waals surface area contributed by atoms with Gasteiger partial charge in [-0.3, -0.25) is 0 Å². The van der Waals surface area contributed by atoms with E-state index in [1.54, 1.807) is 0 Å². The molecule has 12 heavy (non-hydrogen) atoms. The molecule has 64 valence electrons. The molecule has 1 heteroatoms. The van der Waals surface area contributed by atoms with Crippen LogP contribution >= 0.6 is 0 Å². The van der Waals surface area contributed by atoms with Gasteiger partial charge in [-0.05, 0) is 37.9 Å². The van der Waals surface area contributed by atoms with Gasteiger partial charge in [0.15, 0.2) is 0 Å². The Kier molecular flexibility index (Phi) is 1.89. The second kappa shape index (κ2) is 2.91. The first kappa shape index (κ1) is 7.81. The highest BCUT2D eigenvalue weighted by molar-refractivity contribution is 5.35. The van der Waals surface area contributed by atoms with E-state index in [0.29, 0.717) is 6.04 Å². The maximum Gasteiger partial charge on any atom is 0.0294 e. The molecule has 1 heterocycles. The largest absolute Gasteiger partial charge is 0.310 e. The third-order valence-electron chi connectivity index (χ3n) is 2.61. The van der Waals surface area contributed by atoms with Gasteiger partial charge in [0.25, 0.3) is 0 Å². The van der Waals surface area contributed by atoms with Crippen LogP contribution in [-0.2, 0) is 6.42 Å². The Morgan fingerprint density at radius 3 is 3.08 bits per heavy atom. The second-order valence-corrected chi connectivity index (χ2v) is 3.63. The third-order valence-corrected chi connectivity index (χ3v) is 2.61. The molecule has 1 N–H and O–H groups in total. The number of hydrogen-bond donors (Lipinski definition) is 1. The van der Waals surface area contributed by atoms with Gasteiger partial charge >= 0.3 is 0 Å². The number of nitrogens with one attached hydrogen (secondary N) is 1. The van der Waals surface area contributed by atoms with E-state index in [1.807, 2.05) is 0 Å². The summed E-state index contributed by atoms with van der Waals surface area (Å²) in [7, 11) is 0. The molecular formula is C11H15N. The first-order valence-corrected chi connectivity index (χ1v) is 4.60. The maximum absolute atomic E-state index is 3.47. The lowest BCUT2D eigenvalue weighted by Crippen LogP contribution is -2.27. The van der Waals surface area contributed by atoms with Crippen molar-refractivity contribution >= 4 is 0 Å². The van der Waals surface area contributed by atoms with Gasteiger partial charge < -0.3 is 5.32 Å². The van der Waals surface area contributed by atoms with Crippen LogP contribution in [-0.4, -0.2) is 6.54 Å². The van der Waals surface area contributed by atoms with E-state index in [-0.39, 0.29) is 0 Å². The fourth-order valence-corrected chi connectivity index (χ4v) is 1.88. The average molecular weight is 161 g/mol. The molecule has 1 aromatic rings. The molecule has 0 amide bonds. The molecule has 0 spiro atoms. The summed E-state index contributed by atoms with van der Waals surface area (Å²) in [5.41, 5.74) is 4.37. The normalized spacial score (nSPS) is 22.0.